The zero-order chi connectivity index (χ0) is 12.4. The molecule has 1 fully saturated rings. The summed E-state index contributed by atoms with van der Waals surface area (Å²) in [7, 11) is 1.68. The first kappa shape index (κ1) is 12.3. The van der Waals surface area contributed by atoms with Gasteiger partial charge in [-0.05, 0) is 37.5 Å². The monoisotopic (exact) mass is 240 g/mol. The van der Waals surface area contributed by atoms with Crippen LogP contribution in [0.1, 0.15) is 25.3 Å². The van der Waals surface area contributed by atoms with Crippen molar-refractivity contribution < 1.29 is 8.78 Å². The average Bonchev–Trinajstić information content (AvgIpc) is 3.09. The molecule has 2 rings (SSSR count). The number of hydrogen-bond acceptors (Lipinski definition) is 2. The second-order valence-corrected chi connectivity index (χ2v) is 4.58. The van der Waals surface area contributed by atoms with E-state index in [2.05, 4.69) is 5.32 Å². The molecule has 0 atom stereocenters. The quantitative estimate of drug-likeness (QED) is 0.851. The highest BCUT2D eigenvalue weighted by Gasteiger charge is 2.21. The minimum absolute atomic E-state index is 0.0580. The van der Waals surface area contributed by atoms with E-state index in [0.717, 1.165) is 0 Å². The highest BCUT2D eigenvalue weighted by Crippen LogP contribution is 2.25. The van der Waals surface area contributed by atoms with Gasteiger partial charge in [0, 0.05) is 26.2 Å². The Kier molecular flexibility index (Phi) is 3.62. The van der Waals surface area contributed by atoms with E-state index in [1.807, 2.05) is 6.92 Å². The molecule has 0 saturated heterocycles. The summed E-state index contributed by atoms with van der Waals surface area (Å²) in [6.45, 7) is 2.98. The molecule has 2 nitrogen and oxygen atoms in total. The fourth-order valence-corrected chi connectivity index (χ4v) is 1.79. The third-order valence-electron chi connectivity index (χ3n) is 3.10. The van der Waals surface area contributed by atoms with Crippen LogP contribution in [-0.2, 0) is 6.54 Å². The first-order valence-electron chi connectivity index (χ1n) is 6.04. The van der Waals surface area contributed by atoms with Crippen LogP contribution in [0.4, 0.5) is 14.5 Å². The summed E-state index contributed by atoms with van der Waals surface area (Å²) in [6, 6.07) is 3.37. The minimum atomic E-state index is -0.484. The van der Waals surface area contributed by atoms with Crippen molar-refractivity contribution in [1.82, 2.24) is 5.32 Å². The average molecular weight is 240 g/mol. The fraction of sp³-hybridized carbons (Fsp3) is 0.538. The van der Waals surface area contributed by atoms with Crippen molar-refractivity contribution in [3.8, 4) is 0 Å². The van der Waals surface area contributed by atoms with Crippen molar-refractivity contribution in [2.24, 2.45) is 0 Å². The largest absolute Gasteiger partial charge is 0.370 e. The molecule has 0 unspecified atom stereocenters. The maximum atomic E-state index is 13.8. The van der Waals surface area contributed by atoms with Crippen LogP contribution in [0.3, 0.4) is 0 Å². The molecule has 0 radical (unpaired) electrons. The van der Waals surface area contributed by atoms with Crippen molar-refractivity contribution in [2.75, 3.05) is 18.5 Å². The maximum Gasteiger partial charge on any atom is 0.149 e. The van der Waals surface area contributed by atoms with E-state index in [4.69, 9.17) is 0 Å². The number of nitrogens with zero attached hydrogens (tertiary/aromatic N) is 1. The number of hydrogen-bond donors (Lipinski definition) is 1. The normalized spacial score (nSPS) is 15.1. The smallest absolute Gasteiger partial charge is 0.149 e. The molecule has 0 bridgehead atoms. The summed E-state index contributed by atoms with van der Waals surface area (Å²) in [5.74, 6) is -0.969. The number of nitrogens with one attached hydrogen (secondary N) is 1. The lowest BCUT2D eigenvalue weighted by Gasteiger charge is -2.19. The first-order valence-corrected chi connectivity index (χ1v) is 6.04. The Balaban J connectivity index is 2.14. The van der Waals surface area contributed by atoms with Crippen molar-refractivity contribution in [3.05, 3.63) is 29.3 Å². The van der Waals surface area contributed by atoms with E-state index in [1.54, 1.807) is 11.9 Å². The molecule has 0 aromatic heterocycles. The van der Waals surface area contributed by atoms with E-state index in [-0.39, 0.29) is 5.69 Å². The van der Waals surface area contributed by atoms with Gasteiger partial charge in [-0.2, -0.15) is 0 Å². The summed E-state index contributed by atoms with van der Waals surface area (Å²) >= 11 is 0. The van der Waals surface area contributed by atoms with E-state index in [1.165, 1.54) is 25.0 Å². The van der Waals surface area contributed by atoms with Crippen LogP contribution >= 0.6 is 0 Å². The molecule has 0 heterocycles. The Morgan fingerprint density at radius 2 is 1.88 bits per heavy atom. The zero-order valence-corrected chi connectivity index (χ0v) is 10.3. The minimum Gasteiger partial charge on any atom is -0.370 e. The van der Waals surface area contributed by atoms with E-state index < -0.39 is 11.6 Å². The van der Waals surface area contributed by atoms with Crippen molar-refractivity contribution >= 4 is 5.69 Å². The molecule has 1 aliphatic rings. The molecular weight excluding hydrogens is 222 g/mol. The number of halogens is 2. The zero-order valence-electron chi connectivity index (χ0n) is 10.3. The molecular formula is C13H18F2N2. The molecule has 17 heavy (non-hydrogen) atoms. The highest BCUT2D eigenvalue weighted by atomic mass is 19.1. The van der Waals surface area contributed by atoms with Crippen LogP contribution < -0.4 is 10.2 Å². The maximum absolute atomic E-state index is 13.8. The van der Waals surface area contributed by atoms with Crippen LogP contribution in [-0.4, -0.2) is 19.6 Å². The Bertz CT molecular complexity index is 379. The van der Waals surface area contributed by atoms with Gasteiger partial charge in [-0.1, -0.05) is 0 Å². The topological polar surface area (TPSA) is 15.3 Å². The van der Waals surface area contributed by atoms with Gasteiger partial charge in [-0.15, -0.1) is 0 Å². The molecule has 1 aliphatic carbocycles. The van der Waals surface area contributed by atoms with Crippen molar-refractivity contribution in [1.29, 1.82) is 0 Å². The van der Waals surface area contributed by atoms with Gasteiger partial charge in [0.25, 0.3) is 0 Å². The molecule has 1 aromatic rings. The lowest BCUT2D eigenvalue weighted by atomic mass is 10.1. The van der Waals surface area contributed by atoms with Crippen LogP contribution in [0.25, 0.3) is 0 Å². The summed E-state index contributed by atoms with van der Waals surface area (Å²) < 4.78 is 27.6. The Hall–Kier alpha value is -1.16. The van der Waals surface area contributed by atoms with Gasteiger partial charge in [0.2, 0.25) is 0 Å². The molecule has 0 aliphatic heterocycles. The van der Waals surface area contributed by atoms with Crippen LogP contribution in [0.5, 0.6) is 0 Å². The Labute approximate surface area is 101 Å². The van der Waals surface area contributed by atoms with Gasteiger partial charge in [0.05, 0.1) is 0 Å². The summed E-state index contributed by atoms with van der Waals surface area (Å²) in [5, 5.41) is 3.24. The van der Waals surface area contributed by atoms with E-state index in [9.17, 15) is 8.78 Å². The summed E-state index contributed by atoms with van der Waals surface area (Å²) in [4.78, 5) is 1.57. The summed E-state index contributed by atoms with van der Waals surface area (Å²) in [6.07, 6.45) is 2.34. The predicted molar refractivity (Wildman–Crippen MR) is 65.2 cm³/mol. The van der Waals surface area contributed by atoms with Gasteiger partial charge >= 0.3 is 0 Å². The number of rotatable bonds is 5. The first-order chi connectivity index (χ1) is 8.11. The second-order valence-electron chi connectivity index (χ2n) is 4.58. The van der Waals surface area contributed by atoms with Gasteiger partial charge in [0.1, 0.15) is 17.3 Å². The molecule has 1 N–H and O–H groups in total. The van der Waals surface area contributed by atoms with Crippen LogP contribution in [0, 0.1) is 11.6 Å². The molecule has 0 spiro atoms. The summed E-state index contributed by atoms with van der Waals surface area (Å²) in [5.41, 5.74) is 0.725. The molecule has 1 saturated carbocycles. The highest BCUT2D eigenvalue weighted by molar-refractivity contribution is 5.50. The Morgan fingerprint density at radius 1 is 1.29 bits per heavy atom. The molecule has 94 valence electrons. The van der Waals surface area contributed by atoms with Crippen molar-refractivity contribution in [3.63, 3.8) is 0 Å². The standard InChI is InChI=1S/C13H18F2N2/c1-3-17(2)13-11(14)6-9(7-12(13)15)8-16-10-4-5-10/h6-7,10,16H,3-5,8H2,1-2H3. The van der Waals surface area contributed by atoms with E-state index in [0.29, 0.717) is 24.7 Å². The molecule has 0 amide bonds. The molecule has 4 heteroatoms. The van der Waals surface area contributed by atoms with Crippen molar-refractivity contribution in [2.45, 2.75) is 32.4 Å². The van der Waals surface area contributed by atoms with E-state index >= 15 is 0 Å². The predicted octanol–water partition coefficient (Wildman–Crippen LogP) is 2.67. The third kappa shape index (κ3) is 2.94. The molecule has 1 aromatic carbocycles. The second kappa shape index (κ2) is 5.00. The van der Waals surface area contributed by atoms with Gasteiger partial charge in [-0.25, -0.2) is 8.78 Å². The lowest BCUT2D eigenvalue weighted by Crippen LogP contribution is -2.20. The number of anilines is 1. The lowest BCUT2D eigenvalue weighted by molar-refractivity contribution is 0.570. The fourth-order valence-electron chi connectivity index (χ4n) is 1.79. The third-order valence-corrected chi connectivity index (χ3v) is 3.10. The Morgan fingerprint density at radius 3 is 2.35 bits per heavy atom. The SMILES string of the molecule is CCN(C)c1c(F)cc(CNC2CC2)cc1F. The van der Waals surface area contributed by atoms with Gasteiger partial charge in [-0.3, -0.25) is 0 Å². The van der Waals surface area contributed by atoms with Gasteiger partial charge in [0.15, 0.2) is 0 Å². The van der Waals surface area contributed by atoms with Crippen LogP contribution in [0.15, 0.2) is 12.1 Å². The van der Waals surface area contributed by atoms with Crippen LogP contribution in [0.2, 0.25) is 0 Å². The van der Waals surface area contributed by atoms with Gasteiger partial charge < -0.3 is 10.2 Å². The number of benzene rings is 1.